The van der Waals surface area contributed by atoms with Gasteiger partial charge in [0.15, 0.2) is 0 Å². The van der Waals surface area contributed by atoms with Crippen LogP contribution in [-0.4, -0.2) is 15.6 Å². The number of aryl methyl sites for hydroxylation is 1. The highest BCUT2D eigenvalue weighted by atomic mass is 79.9. The van der Waals surface area contributed by atoms with Crippen molar-refractivity contribution in [2.24, 2.45) is 0 Å². The van der Waals surface area contributed by atoms with Crippen molar-refractivity contribution < 1.29 is 4.39 Å². The summed E-state index contributed by atoms with van der Waals surface area (Å²) in [5.41, 5.74) is 1.77. The highest BCUT2D eigenvalue weighted by Gasteiger charge is 2.11. The van der Waals surface area contributed by atoms with E-state index in [-0.39, 0.29) is 11.9 Å². The van der Waals surface area contributed by atoms with Crippen LogP contribution in [-0.2, 0) is 0 Å². The van der Waals surface area contributed by atoms with E-state index in [0.717, 1.165) is 17.2 Å². The van der Waals surface area contributed by atoms with E-state index in [1.54, 1.807) is 12.3 Å². The molecule has 1 aromatic carbocycles. The van der Waals surface area contributed by atoms with E-state index < -0.39 is 0 Å². The molecule has 1 heterocycles. The Balaban J connectivity index is 2.49. The molecule has 1 aromatic heterocycles. The lowest BCUT2D eigenvalue weighted by Crippen LogP contribution is -2.14. The number of halogens is 2. The molecule has 0 fully saturated rings. The second-order valence-electron chi connectivity index (χ2n) is 4.47. The molecule has 0 saturated heterocycles. The fourth-order valence-corrected chi connectivity index (χ4v) is 2.22. The summed E-state index contributed by atoms with van der Waals surface area (Å²) in [7, 11) is 0. The molecule has 2 rings (SSSR count). The van der Waals surface area contributed by atoms with E-state index in [1.807, 2.05) is 31.5 Å². The van der Waals surface area contributed by atoms with E-state index in [9.17, 15) is 4.39 Å². The van der Waals surface area contributed by atoms with Crippen molar-refractivity contribution in [1.29, 1.82) is 0 Å². The summed E-state index contributed by atoms with van der Waals surface area (Å²) >= 11 is 3.19. The van der Waals surface area contributed by atoms with Crippen LogP contribution in [0.3, 0.4) is 0 Å². The molecule has 5 heteroatoms. The second-order valence-corrected chi connectivity index (χ2v) is 5.33. The van der Waals surface area contributed by atoms with Gasteiger partial charge in [0.25, 0.3) is 0 Å². The van der Waals surface area contributed by atoms with Crippen molar-refractivity contribution in [3.63, 3.8) is 0 Å². The minimum absolute atomic E-state index is 0.270. The van der Waals surface area contributed by atoms with Crippen molar-refractivity contribution in [1.82, 2.24) is 9.55 Å². The third-order valence-electron chi connectivity index (χ3n) is 2.56. The first kappa shape index (κ1) is 13.1. The van der Waals surface area contributed by atoms with Crippen molar-refractivity contribution in [3.8, 4) is 5.69 Å². The van der Waals surface area contributed by atoms with Gasteiger partial charge >= 0.3 is 0 Å². The lowest BCUT2D eigenvalue weighted by Gasteiger charge is -2.14. The van der Waals surface area contributed by atoms with Crippen LogP contribution in [0.1, 0.15) is 19.4 Å². The highest BCUT2D eigenvalue weighted by Crippen LogP contribution is 2.25. The number of anilines is 1. The minimum Gasteiger partial charge on any atom is -0.353 e. The smallest absolute Gasteiger partial charge is 0.207 e. The van der Waals surface area contributed by atoms with Crippen molar-refractivity contribution in [2.75, 3.05) is 5.32 Å². The zero-order valence-corrected chi connectivity index (χ0v) is 12.1. The number of nitrogens with zero attached hydrogens (tertiary/aromatic N) is 2. The normalized spacial score (nSPS) is 11.0. The molecule has 0 amide bonds. The summed E-state index contributed by atoms with van der Waals surface area (Å²) in [5, 5.41) is 3.23. The van der Waals surface area contributed by atoms with Crippen molar-refractivity contribution in [2.45, 2.75) is 26.8 Å². The maximum atomic E-state index is 13.6. The summed E-state index contributed by atoms with van der Waals surface area (Å²) in [5.74, 6) is 0.439. The summed E-state index contributed by atoms with van der Waals surface area (Å²) in [6, 6.07) is 3.54. The van der Waals surface area contributed by atoms with E-state index >= 15 is 0 Å². The van der Waals surface area contributed by atoms with Gasteiger partial charge in [-0.05, 0) is 54.4 Å². The van der Waals surface area contributed by atoms with Gasteiger partial charge in [-0.25, -0.2) is 9.37 Å². The maximum Gasteiger partial charge on any atom is 0.207 e. The number of hydrogen-bond donors (Lipinski definition) is 1. The van der Waals surface area contributed by atoms with Gasteiger partial charge in [0.1, 0.15) is 5.82 Å². The van der Waals surface area contributed by atoms with E-state index in [4.69, 9.17) is 0 Å². The molecule has 2 aromatic rings. The van der Waals surface area contributed by atoms with Gasteiger partial charge < -0.3 is 5.32 Å². The largest absolute Gasteiger partial charge is 0.353 e. The van der Waals surface area contributed by atoms with Crippen molar-refractivity contribution in [3.05, 3.63) is 40.4 Å². The number of nitrogens with one attached hydrogen (secondary N) is 1. The first-order chi connectivity index (χ1) is 8.49. The van der Waals surface area contributed by atoms with Gasteiger partial charge in [-0.1, -0.05) is 0 Å². The van der Waals surface area contributed by atoms with Crippen LogP contribution < -0.4 is 5.32 Å². The zero-order chi connectivity index (χ0) is 13.3. The first-order valence-electron chi connectivity index (χ1n) is 5.75. The molecular weight excluding hydrogens is 297 g/mol. The van der Waals surface area contributed by atoms with Crippen LogP contribution >= 0.6 is 15.9 Å². The molecule has 0 radical (unpaired) electrons. The lowest BCUT2D eigenvalue weighted by molar-refractivity contribution is 0.619. The number of hydrogen-bond acceptors (Lipinski definition) is 2. The van der Waals surface area contributed by atoms with Crippen LogP contribution in [0.4, 0.5) is 10.3 Å². The fraction of sp³-hybridized carbons (Fsp3) is 0.308. The molecule has 0 aliphatic rings. The molecular formula is C13H15BrFN3. The minimum atomic E-state index is -0.278. The first-order valence-corrected chi connectivity index (χ1v) is 6.54. The second kappa shape index (κ2) is 5.10. The Hall–Kier alpha value is -1.36. The van der Waals surface area contributed by atoms with Gasteiger partial charge in [0, 0.05) is 18.4 Å². The van der Waals surface area contributed by atoms with Gasteiger partial charge in [0.05, 0.1) is 10.2 Å². The lowest BCUT2D eigenvalue weighted by atomic mass is 10.2. The maximum absolute atomic E-state index is 13.6. The number of rotatable bonds is 3. The summed E-state index contributed by atoms with van der Waals surface area (Å²) in [6.07, 6.45) is 3.52. The summed E-state index contributed by atoms with van der Waals surface area (Å²) in [6.45, 7) is 6.01. The Bertz CT molecular complexity index is 563. The summed E-state index contributed by atoms with van der Waals surface area (Å²) < 4.78 is 16.0. The van der Waals surface area contributed by atoms with Gasteiger partial charge in [-0.15, -0.1) is 0 Å². The third-order valence-corrected chi connectivity index (χ3v) is 3.16. The molecule has 0 unspecified atom stereocenters. The predicted molar refractivity (Wildman–Crippen MR) is 74.7 cm³/mol. The van der Waals surface area contributed by atoms with Crippen LogP contribution in [0.2, 0.25) is 0 Å². The number of aromatic nitrogens is 2. The van der Waals surface area contributed by atoms with Crippen molar-refractivity contribution >= 4 is 21.9 Å². The Kier molecular flexibility index (Phi) is 3.71. The zero-order valence-electron chi connectivity index (χ0n) is 10.5. The molecule has 18 heavy (non-hydrogen) atoms. The average Bonchev–Trinajstić information content (AvgIpc) is 2.70. The molecule has 0 aliphatic carbocycles. The highest BCUT2D eigenvalue weighted by molar-refractivity contribution is 9.10. The molecule has 1 N–H and O–H groups in total. The third kappa shape index (κ3) is 2.56. The average molecular weight is 312 g/mol. The summed E-state index contributed by atoms with van der Waals surface area (Å²) in [4.78, 5) is 4.24. The molecule has 0 spiro atoms. The van der Waals surface area contributed by atoms with Crippen LogP contribution in [0, 0.1) is 12.7 Å². The Morgan fingerprint density at radius 2 is 2.11 bits per heavy atom. The standard InChI is InChI=1S/C13H15BrFN3/c1-8(2)17-13-16-4-5-18(13)12-7-11(15)10(14)6-9(12)3/h4-8H,1-3H3,(H,16,17). The molecule has 0 aliphatic heterocycles. The number of benzene rings is 1. The molecule has 0 atom stereocenters. The Morgan fingerprint density at radius 1 is 1.39 bits per heavy atom. The Morgan fingerprint density at radius 3 is 2.78 bits per heavy atom. The molecule has 0 saturated carbocycles. The van der Waals surface area contributed by atoms with Gasteiger partial charge in [-0.3, -0.25) is 4.57 Å². The van der Waals surface area contributed by atoms with Gasteiger partial charge in [-0.2, -0.15) is 0 Å². The molecule has 3 nitrogen and oxygen atoms in total. The van der Waals surface area contributed by atoms with E-state index in [0.29, 0.717) is 4.47 Å². The topological polar surface area (TPSA) is 29.9 Å². The van der Waals surface area contributed by atoms with Crippen LogP contribution in [0.25, 0.3) is 5.69 Å². The van der Waals surface area contributed by atoms with E-state index in [1.165, 1.54) is 6.07 Å². The monoisotopic (exact) mass is 311 g/mol. The number of imidazole rings is 1. The van der Waals surface area contributed by atoms with Crippen LogP contribution in [0.15, 0.2) is 29.0 Å². The SMILES string of the molecule is Cc1cc(Br)c(F)cc1-n1ccnc1NC(C)C. The van der Waals surface area contributed by atoms with Gasteiger partial charge in [0.2, 0.25) is 5.95 Å². The fourth-order valence-electron chi connectivity index (χ4n) is 1.76. The predicted octanol–water partition coefficient (Wildman–Crippen LogP) is 3.90. The van der Waals surface area contributed by atoms with E-state index in [2.05, 4.69) is 26.2 Å². The van der Waals surface area contributed by atoms with Crippen LogP contribution in [0.5, 0.6) is 0 Å². The Labute approximate surface area is 114 Å². The molecule has 96 valence electrons. The quantitative estimate of drug-likeness (QED) is 0.931. The molecule has 0 bridgehead atoms.